The van der Waals surface area contributed by atoms with Gasteiger partial charge in [-0.05, 0) is 54.1 Å². The van der Waals surface area contributed by atoms with Crippen LogP contribution in [-0.2, 0) is 11.0 Å². The van der Waals surface area contributed by atoms with Crippen molar-refractivity contribution < 1.29 is 27.4 Å². The van der Waals surface area contributed by atoms with E-state index >= 15 is 0 Å². The van der Waals surface area contributed by atoms with Crippen LogP contribution in [0.2, 0.25) is 0 Å². The van der Waals surface area contributed by atoms with Crippen molar-refractivity contribution in [3.63, 3.8) is 0 Å². The van der Waals surface area contributed by atoms with Gasteiger partial charge in [-0.15, -0.1) is 0 Å². The number of ether oxygens (including phenoxy) is 2. The molecule has 0 saturated heterocycles. The largest absolute Gasteiger partial charge is 0.493 e. The van der Waals surface area contributed by atoms with Gasteiger partial charge in [0.25, 0.3) is 5.91 Å². The second-order valence-electron chi connectivity index (χ2n) is 6.71. The Kier molecular flexibility index (Phi) is 7.31. The Labute approximate surface area is 187 Å². The monoisotopic (exact) mass is 453 g/mol. The summed E-state index contributed by atoms with van der Waals surface area (Å²) in [6.45, 7) is -0.445. The molecule has 9 heteroatoms. The number of allylic oxidation sites excluding steroid dienone is 1. The van der Waals surface area contributed by atoms with Crippen LogP contribution in [0.15, 0.2) is 66.9 Å². The summed E-state index contributed by atoms with van der Waals surface area (Å²) in [6, 6.07) is 16.5. The minimum absolute atomic E-state index is 0.00410. The minimum Gasteiger partial charge on any atom is -0.493 e. The molecule has 3 rings (SSSR count). The highest BCUT2D eigenvalue weighted by molar-refractivity contribution is 5.92. The Morgan fingerprint density at radius 2 is 1.94 bits per heavy atom. The molecule has 3 aromatic rings. The van der Waals surface area contributed by atoms with E-state index in [4.69, 9.17) is 9.47 Å². The van der Waals surface area contributed by atoms with Gasteiger partial charge in [0.1, 0.15) is 6.07 Å². The molecule has 0 saturated carbocycles. The van der Waals surface area contributed by atoms with Crippen LogP contribution < -0.4 is 14.8 Å². The maximum atomic E-state index is 12.8. The van der Waals surface area contributed by atoms with E-state index in [-0.39, 0.29) is 11.4 Å². The van der Waals surface area contributed by atoms with Crippen LogP contribution >= 0.6 is 0 Å². The number of nitrogens with one attached hydrogen (secondary N) is 1. The van der Waals surface area contributed by atoms with Crippen LogP contribution in [-0.4, -0.2) is 24.6 Å². The van der Waals surface area contributed by atoms with Crippen molar-refractivity contribution in [1.82, 2.24) is 4.98 Å². The Morgan fingerprint density at radius 1 is 1.12 bits per heavy atom. The summed E-state index contributed by atoms with van der Waals surface area (Å²) in [7, 11) is 1.42. The first kappa shape index (κ1) is 23.3. The Hall–Kier alpha value is -4.32. The molecule has 168 valence electrons. The molecule has 0 fully saturated rings. The van der Waals surface area contributed by atoms with Crippen molar-refractivity contribution >= 4 is 23.2 Å². The van der Waals surface area contributed by atoms with Crippen LogP contribution in [0.5, 0.6) is 11.5 Å². The number of nitriles is 1. The van der Waals surface area contributed by atoms with Gasteiger partial charge in [0, 0.05) is 11.9 Å². The van der Waals surface area contributed by atoms with E-state index in [0.29, 0.717) is 22.6 Å². The third kappa shape index (κ3) is 6.33. The Balaban J connectivity index is 1.69. The number of carbonyl (C=O) groups excluding carboxylic acids is 1. The number of methoxy groups -OCH3 is 1. The molecule has 33 heavy (non-hydrogen) atoms. The van der Waals surface area contributed by atoms with Crippen molar-refractivity contribution in [2.24, 2.45) is 0 Å². The number of amides is 1. The summed E-state index contributed by atoms with van der Waals surface area (Å²) >= 11 is 0. The topological polar surface area (TPSA) is 84.2 Å². The quantitative estimate of drug-likeness (QED) is 0.498. The third-order valence-corrected chi connectivity index (χ3v) is 4.39. The number of halogens is 3. The van der Waals surface area contributed by atoms with E-state index in [1.54, 1.807) is 48.7 Å². The van der Waals surface area contributed by atoms with Crippen LogP contribution in [0, 0.1) is 11.3 Å². The molecular formula is C24H18F3N3O3. The molecule has 0 unspecified atom stereocenters. The molecule has 6 nitrogen and oxygen atoms in total. The van der Waals surface area contributed by atoms with E-state index in [1.807, 2.05) is 0 Å². The molecule has 2 aromatic carbocycles. The van der Waals surface area contributed by atoms with Gasteiger partial charge in [-0.25, -0.2) is 0 Å². The summed E-state index contributed by atoms with van der Waals surface area (Å²) in [5.41, 5.74) is 0.658. The predicted molar refractivity (Wildman–Crippen MR) is 116 cm³/mol. The lowest BCUT2D eigenvalue weighted by Gasteiger charge is -2.12. The van der Waals surface area contributed by atoms with E-state index in [0.717, 1.165) is 12.1 Å². The number of hydrogen-bond acceptors (Lipinski definition) is 5. The van der Waals surface area contributed by atoms with Gasteiger partial charge in [0.2, 0.25) is 0 Å². The number of carbonyl (C=O) groups is 1. The zero-order valence-corrected chi connectivity index (χ0v) is 17.4. The lowest BCUT2D eigenvalue weighted by atomic mass is 10.1. The van der Waals surface area contributed by atoms with Crippen molar-refractivity contribution in [2.45, 2.75) is 6.18 Å². The highest BCUT2D eigenvalue weighted by Gasteiger charge is 2.30. The molecule has 1 aromatic heterocycles. The first-order chi connectivity index (χ1) is 15.8. The van der Waals surface area contributed by atoms with E-state index in [9.17, 15) is 23.2 Å². The van der Waals surface area contributed by atoms with Crippen molar-refractivity contribution in [3.8, 4) is 17.6 Å². The van der Waals surface area contributed by atoms with Gasteiger partial charge in [-0.1, -0.05) is 18.2 Å². The fourth-order valence-corrected chi connectivity index (χ4v) is 2.86. The first-order valence-electron chi connectivity index (χ1n) is 9.61. The summed E-state index contributed by atoms with van der Waals surface area (Å²) in [4.78, 5) is 16.3. The van der Waals surface area contributed by atoms with Crippen molar-refractivity contribution in [2.75, 3.05) is 19.0 Å². The molecule has 0 aliphatic heterocycles. The molecule has 1 heterocycles. The third-order valence-electron chi connectivity index (χ3n) is 4.39. The fourth-order valence-electron chi connectivity index (χ4n) is 2.86. The molecule has 0 radical (unpaired) electrons. The van der Waals surface area contributed by atoms with E-state index < -0.39 is 24.3 Å². The average Bonchev–Trinajstić information content (AvgIpc) is 2.81. The highest BCUT2D eigenvalue weighted by Crippen LogP contribution is 2.31. The van der Waals surface area contributed by atoms with Gasteiger partial charge in [0.05, 0.1) is 23.9 Å². The number of anilines is 1. The van der Waals surface area contributed by atoms with Gasteiger partial charge >= 0.3 is 6.18 Å². The lowest BCUT2D eigenvalue weighted by Crippen LogP contribution is -2.20. The summed E-state index contributed by atoms with van der Waals surface area (Å²) in [5, 5.41) is 11.8. The Bertz CT molecular complexity index is 1200. The van der Waals surface area contributed by atoms with Gasteiger partial charge < -0.3 is 14.8 Å². The summed E-state index contributed by atoms with van der Waals surface area (Å²) in [6.07, 6.45) is -1.29. The average molecular weight is 453 g/mol. The van der Waals surface area contributed by atoms with E-state index in [1.165, 1.54) is 19.2 Å². The number of alkyl halides is 3. The number of pyridine rings is 1. The zero-order valence-electron chi connectivity index (χ0n) is 17.4. The normalized spacial score (nSPS) is 11.4. The van der Waals surface area contributed by atoms with Crippen molar-refractivity contribution in [1.29, 1.82) is 5.26 Å². The van der Waals surface area contributed by atoms with Gasteiger partial charge in [-0.3, -0.25) is 9.78 Å². The van der Waals surface area contributed by atoms with Crippen LogP contribution in [0.3, 0.4) is 0 Å². The Morgan fingerprint density at radius 3 is 2.61 bits per heavy atom. The van der Waals surface area contributed by atoms with E-state index in [2.05, 4.69) is 16.4 Å². The number of hydrogen-bond donors (Lipinski definition) is 1. The van der Waals surface area contributed by atoms with Crippen molar-refractivity contribution in [3.05, 3.63) is 83.7 Å². The number of nitrogens with zero attached hydrogens (tertiary/aromatic N) is 2. The zero-order chi connectivity index (χ0) is 23.8. The minimum atomic E-state index is -4.51. The number of rotatable bonds is 7. The SMILES string of the molecule is COc1cc(/C=C(/C#N)c2ccccn2)ccc1OCC(=O)Nc1cccc(C(F)(F)F)c1. The standard InChI is InChI=1S/C24H18F3N3O3/c1-32-22-12-16(11-17(14-28)20-7-2-3-10-29-20)8-9-21(22)33-15-23(31)30-19-6-4-5-18(13-19)24(25,26)27/h2-13H,15H2,1H3,(H,30,31)/b17-11-. The smallest absolute Gasteiger partial charge is 0.416 e. The molecule has 0 atom stereocenters. The second-order valence-corrected chi connectivity index (χ2v) is 6.71. The second kappa shape index (κ2) is 10.3. The molecule has 0 aliphatic rings. The molecule has 1 amide bonds. The molecule has 0 aliphatic carbocycles. The molecule has 0 spiro atoms. The fraction of sp³-hybridized carbons (Fsp3) is 0.125. The predicted octanol–water partition coefficient (Wildman–Crippen LogP) is 5.19. The first-order valence-corrected chi connectivity index (χ1v) is 9.61. The van der Waals surface area contributed by atoms with Gasteiger partial charge in [0.15, 0.2) is 18.1 Å². The van der Waals surface area contributed by atoms with Gasteiger partial charge in [-0.2, -0.15) is 18.4 Å². The molecule has 1 N–H and O–H groups in total. The number of benzene rings is 2. The van der Waals surface area contributed by atoms with Crippen LogP contribution in [0.4, 0.5) is 18.9 Å². The maximum Gasteiger partial charge on any atom is 0.416 e. The summed E-state index contributed by atoms with van der Waals surface area (Å²) < 4.78 is 49.2. The molecule has 0 bridgehead atoms. The summed E-state index contributed by atoms with van der Waals surface area (Å²) in [5.74, 6) is -0.0682. The van der Waals surface area contributed by atoms with Crippen LogP contribution in [0.1, 0.15) is 16.8 Å². The highest BCUT2D eigenvalue weighted by atomic mass is 19.4. The maximum absolute atomic E-state index is 12.8. The molecular weight excluding hydrogens is 435 g/mol. The van der Waals surface area contributed by atoms with Crippen LogP contribution in [0.25, 0.3) is 11.6 Å². The lowest BCUT2D eigenvalue weighted by molar-refractivity contribution is -0.137. The number of aromatic nitrogens is 1.